The fourth-order valence-electron chi connectivity index (χ4n) is 3.17. The van der Waals surface area contributed by atoms with E-state index >= 15 is 0 Å². The van der Waals surface area contributed by atoms with Gasteiger partial charge in [-0.25, -0.2) is 0 Å². The average Bonchev–Trinajstić information content (AvgIpc) is 2.65. The Bertz CT molecular complexity index is 936. The summed E-state index contributed by atoms with van der Waals surface area (Å²) < 4.78 is 5.90. The number of nitrogens with one attached hydrogen (secondary N) is 2. The highest BCUT2D eigenvalue weighted by atomic mass is 16.5. The first-order chi connectivity index (χ1) is 14.8. The molecule has 32 heavy (non-hydrogen) atoms. The SMILES string of the molecule is CN(C)CC(=O)Nc1ccc(NC(=O)COc2ccc(C(C)(C)C)cc2C(C)(C)C)cc1. The normalized spacial score (nSPS) is 11.9. The molecular formula is C26H37N3O3. The summed E-state index contributed by atoms with van der Waals surface area (Å²) in [6.07, 6.45) is 0. The molecule has 2 aromatic rings. The van der Waals surface area contributed by atoms with Crippen molar-refractivity contribution in [2.45, 2.75) is 52.4 Å². The monoisotopic (exact) mass is 439 g/mol. The van der Waals surface area contributed by atoms with Crippen molar-refractivity contribution < 1.29 is 14.3 Å². The number of hydrogen-bond donors (Lipinski definition) is 2. The van der Waals surface area contributed by atoms with Gasteiger partial charge in [-0.3, -0.25) is 9.59 Å². The van der Waals surface area contributed by atoms with E-state index in [1.165, 1.54) is 5.56 Å². The number of hydrogen-bond acceptors (Lipinski definition) is 4. The first-order valence-electron chi connectivity index (χ1n) is 10.9. The molecule has 0 atom stereocenters. The van der Waals surface area contributed by atoms with Crippen LogP contribution in [0.25, 0.3) is 0 Å². The molecule has 2 amide bonds. The molecule has 0 saturated carbocycles. The second-order valence-corrected chi connectivity index (χ2v) is 10.4. The number of carbonyl (C=O) groups is 2. The highest BCUT2D eigenvalue weighted by molar-refractivity contribution is 5.94. The van der Waals surface area contributed by atoms with Gasteiger partial charge in [0.25, 0.3) is 5.91 Å². The lowest BCUT2D eigenvalue weighted by atomic mass is 9.80. The molecule has 2 aromatic carbocycles. The topological polar surface area (TPSA) is 70.7 Å². The molecule has 0 spiro atoms. The van der Waals surface area contributed by atoms with Crippen LogP contribution in [0.2, 0.25) is 0 Å². The van der Waals surface area contributed by atoms with Gasteiger partial charge in [-0.05, 0) is 66.4 Å². The number of amides is 2. The molecule has 0 unspecified atom stereocenters. The Morgan fingerprint density at radius 1 is 0.812 bits per heavy atom. The molecule has 0 aromatic heterocycles. The van der Waals surface area contributed by atoms with E-state index in [1.807, 2.05) is 20.2 Å². The van der Waals surface area contributed by atoms with Crippen molar-refractivity contribution in [1.29, 1.82) is 0 Å². The lowest BCUT2D eigenvalue weighted by Gasteiger charge is -2.27. The Balaban J connectivity index is 2.00. The van der Waals surface area contributed by atoms with Crippen molar-refractivity contribution in [3.63, 3.8) is 0 Å². The summed E-state index contributed by atoms with van der Waals surface area (Å²) in [6.45, 7) is 13.2. The second kappa shape index (κ2) is 10.2. The zero-order chi connectivity index (χ0) is 24.1. The van der Waals surface area contributed by atoms with Crippen molar-refractivity contribution in [2.24, 2.45) is 0 Å². The molecule has 0 aliphatic carbocycles. The molecule has 6 heteroatoms. The average molecular weight is 440 g/mol. The highest BCUT2D eigenvalue weighted by Crippen LogP contribution is 2.35. The van der Waals surface area contributed by atoms with E-state index in [1.54, 1.807) is 29.2 Å². The molecule has 0 radical (unpaired) electrons. The molecule has 6 nitrogen and oxygen atoms in total. The summed E-state index contributed by atoms with van der Waals surface area (Å²) in [6, 6.07) is 13.2. The first kappa shape index (κ1) is 25.4. The summed E-state index contributed by atoms with van der Waals surface area (Å²) in [5, 5.41) is 5.65. The maximum Gasteiger partial charge on any atom is 0.262 e. The molecule has 0 bridgehead atoms. The molecule has 0 aliphatic rings. The van der Waals surface area contributed by atoms with E-state index in [0.29, 0.717) is 17.9 Å². The number of anilines is 2. The van der Waals surface area contributed by atoms with Crippen LogP contribution in [0, 0.1) is 0 Å². The van der Waals surface area contributed by atoms with Crippen LogP contribution in [0.1, 0.15) is 52.7 Å². The number of likely N-dealkylation sites (N-methyl/N-ethyl adjacent to an activating group) is 1. The summed E-state index contributed by atoms with van der Waals surface area (Å²) in [5.74, 6) is 0.390. The van der Waals surface area contributed by atoms with Gasteiger partial charge in [0.2, 0.25) is 5.91 Å². The van der Waals surface area contributed by atoms with Crippen LogP contribution in [0.15, 0.2) is 42.5 Å². The van der Waals surface area contributed by atoms with E-state index in [-0.39, 0.29) is 29.3 Å². The molecule has 2 N–H and O–H groups in total. The van der Waals surface area contributed by atoms with Crippen LogP contribution < -0.4 is 15.4 Å². The van der Waals surface area contributed by atoms with Crippen LogP contribution in [-0.4, -0.2) is 44.0 Å². The van der Waals surface area contributed by atoms with E-state index < -0.39 is 0 Å². The maximum atomic E-state index is 12.4. The minimum atomic E-state index is -0.242. The lowest BCUT2D eigenvalue weighted by Crippen LogP contribution is -2.27. The third-order valence-corrected chi connectivity index (χ3v) is 4.92. The molecule has 2 rings (SSSR count). The number of rotatable bonds is 7. The number of carbonyl (C=O) groups excluding carboxylic acids is 2. The Labute approximate surface area is 192 Å². The van der Waals surface area contributed by atoms with Crippen LogP contribution in [0.3, 0.4) is 0 Å². The van der Waals surface area contributed by atoms with Gasteiger partial charge in [0.1, 0.15) is 5.75 Å². The summed E-state index contributed by atoms with van der Waals surface area (Å²) in [4.78, 5) is 26.1. The molecule has 0 fully saturated rings. The Morgan fingerprint density at radius 2 is 1.34 bits per heavy atom. The molecule has 0 heterocycles. The molecule has 0 aliphatic heterocycles. The number of benzene rings is 2. The van der Waals surface area contributed by atoms with Crippen molar-refractivity contribution >= 4 is 23.2 Å². The second-order valence-electron chi connectivity index (χ2n) is 10.4. The van der Waals surface area contributed by atoms with E-state index in [9.17, 15) is 9.59 Å². The third kappa shape index (κ3) is 7.68. The highest BCUT2D eigenvalue weighted by Gasteiger charge is 2.23. The summed E-state index contributed by atoms with van der Waals surface area (Å²) in [7, 11) is 3.67. The predicted octanol–water partition coefficient (Wildman–Crippen LogP) is 4.80. The van der Waals surface area contributed by atoms with Crippen molar-refractivity contribution in [1.82, 2.24) is 4.90 Å². The Kier molecular flexibility index (Phi) is 8.07. The molecular weight excluding hydrogens is 402 g/mol. The van der Waals surface area contributed by atoms with Gasteiger partial charge in [0, 0.05) is 11.4 Å². The quantitative estimate of drug-likeness (QED) is 0.650. The van der Waals surface area contributed by atoms with Crippen LogP contribution >= 0.6 is 0 Å². The van der Waals surface area contributed by atoms with Crippen molar-refractivity contribution in [3.05, 3.63) is 53.6 Å². The largest absolute Gasteiger partial charge is 0.483 e. The minimum absolute atomic E-state index is 0.0357. The standard InChI is InChI=1S/C26H37N3O3/c1-25(2,3)18-9-14-22(21(15-18)26(4,5)6)32-17-24(31)28-20-12-10-19(11-13-20)27-23(30)16-29(7)8/h9-15H,16-17H2,1-8H3,(H,27,30)(H,28,31). The van der Waals surface area contributed by atoms with E-state index in [2.05, 4.69) is 64.3 Å². The fourth-order valence-corrected chi connectivity index (χ4v) is 3.17. The summed E-state index contributed by atoms with van der Waals surface area (Å²) in [5.41, 5.74) is 3.56. The van der Waals surface area contributed by atoms with Gasteiger partial charge >= 0.3 is 0 Å². The van der Waals surface area contributed by atoms with Gasteiger partial charge in [-0.15, -0.1) is 0 Å². The van der Waals surface area contributed by atoms with Crippen LogP contribution in [0.4, 0.5) is 11.4 Å². The zero-order valence-electron chi connectivity index (χ0n) is 20.6. The molecule has 0 saturated heterocycles. The third-order valence-electron chi connectivity index (χ3n) is 4.92. The fraction of sp³-hybridized carbons (Fsp3) is 0.462. The van der Waals surface area contributed by atoms with Crippen molar-refractivity contribution in [3.8, 4) is 5.75 Å². The van der Waals surface area contributed by atoms with Crippen LogP contribution in [-0.2, 0) is 20.4 Å². The number of ether oxygens (including phenoxy) is 1. The van der Waals surface area contributed by atoms with Crippen molar-refractivity contribution in [2.75, 3.05) is 37.9 Å². The van der Waals surface area contributed by atoms with E-state index in [0.717, 1.165) is 11.3 Å². The zero-order valence-corrected chi connectivity index (χ0v) is 20.6. The van der Waals surface area contributed by atoms with Gasteiger partial charge < -0.3 is 20.3 Å². The smallest absolute Gasteiger partial charge is 0.262 e. The Hall–Kier alpha value is -2.86. The predicted molar refractivity (Wildman–Crippen MR) is 132 cm³/mol. The minimum Gasteiger partial charge on any atom is -0.483 e. The maximum absolute atomic E-state index is 12.4. The summed E-state index contributed by atoms with van der Waals surface area (Å²) >= 11 is 0. The van der Waals surface area contributed by atoms with E-state index in [4.69, 9.17) is 4.74 Å². The van der Waals surface area contributed by atoms with Gasteiger partial charge in [0.05, 0.1) is 6.54 Å². The lowest BCUT2D eigenvalue weighted by molar-refractivity contribution is -0.118. The van der Waals surface area contributed by atoms with Crippen LogP contribution in [0.5, 0.6) is 5.75 Å². The molecule has 174 valence electrons. The van der Waals surface area contributed by atoms with Gasteiger partial charge in [-0.2, -0.15) is 0 Å². The van der Waals surface area contributed by atoms with Gasteiger partial charge in [-0.1, -0.05) is 53.7 Å². The first-order valence-corrected chi connectivity index (χ1v) is 10.9. The van der Waals surface area contributed by atoms with Gasteiger partial charge in [0.15, 0.2) is 6.61 Å². The Morgan fingerprint density at radius 3 is 1.81 bits per heavy atom. The number of nitrogens with zero attached hydrogens (tertiary/aromatic N) is 1.